The Morgan fingerprint density at radius 1 is 1.11 bits per heavy atom. The molecule has 0 heterocycles. The first-order valence-electron chi connectivity index (χ1n) is 6.73. The van der Waals surface area contributed by atoms with Crippen molar-refractivity contribution in [3.05, 3.63) is 11.6 Å². The van der Waals surface area contributed by atoms with E-state index in [4.69, 9.17) is 23.2 Å². The topological polar surface area (TPSA) is 34.1 Å². The molecule has 19 heavy (non-hydrogen) atoms. The smallest absolute Gasteiger partial charge is 0.182 e. The van der Waals surface area contributed by atoms with Gasteiger partial charge < -0.3 is 0 Å². The minimum absolute atomic E-state index is 0.0306. The van der Waals surface area contributed by atoms with Gasteiger partial charge in [-0.25, -0.2) is 0 Å². The number of carbonyl (C=O) groups is 2. The van der Waals surface area contributed by atoms with Crippen LogP contribution in [0, 0.1) is 10.8 Å². The minimum atomic E-state index is -1.06. The number of allylic oxidation sites excluding steroid dienone is 2. The number of hydrogen-bond acceptors (Lipinski definition) is 2. The molecule has 0 aromatic carbocycles. The standard InChI is InChI=1S/C15H18Cl2O2/c1-12(2)7-9(18)6-10-11(19)15(17)8-14(10,12)5-4-13(15,3)16/h6H,4-5,7-8H2,1-3H3/t13-,14+,15-/m1/s1. The summed E-state index contributed by atoms with van der Waals surface area (Å²) in [4.78, 5) is 22.9. The summed E-state index contributed by atoms with van der Waals surface area (Å²) in [6, 6.07) is 0. The van der Waals surface area contributed by atoms with Gasteiger partial charge in [0.15, 0.2) is 11.6 Å². The molecule has 1 spiro atoms. The Hall–Kier alpha value is -0.340. The van der Waals surface area contributed by atoms with E-state index in [-0.39, 0.29) is 22.4 Å². The third-order valence-electron chi connectivity index (χ3n) is 5.73. The molecule has 3 atom stereocenters. The molecule has 3 aliphatic carbocycles. The molecule has 0 aromatic rings. The summed E-state index contributed by atoms with van der Waals surface area (Å²) < 4.78 is 0. The van der Waals surface area contributed by atoms with Crippen LogP contribution in [0.15, 0.2) is 11.6 Å². The Morgan fingerprint density at radius 3 is 2.37 bits per heavy atom. The molecule has 0 radical (unpaired) electrons. The largest absolute Gasteiger partial charge is 0.295 e. The molecule has 3 rings (SSSR count). The maximum Gasteiger partial charge on any atom is 0.182 e. The van der Waals surface area contributed by atoms with Gasteiger partial charge in [0, 0.05) is 17.4 Å². The third-order valence-corrected chi connectivity index (χ3v) is 7.06. The molecule has 2 bridgehead atoms. The number of halogens is 2. The van der Waals surface area contributed by atoms with E-state index in [0.29, 0.717) is 24.8 Å². The molecule has 0 amide bonds. The second-order valence-corrected chi connectivity index (χ2v) is 8.65. The quantitative estimate of drug-likeness (QED) is 0.640. The minimum Gasteiger partial charge on any atom is -0.295 e. The molecule has 2 nitrogen and oxygen atoms in total. The fourth-order valence-corrected chi connectivity index (χ4v) is 4.95. The van der Waals surface area contributed by atoms with Gasteiger partial charge in [0.1, 0.15) is 4.87 Å². The summed E-state index contributed by atoms with van der Waals surface area (Å²) in [5.41, 5.74) is 0.135. The van der Waals surface area contributed by atoms with Crippen LogP contribution in [0.4, 0.5) is 0 Å². The lowest BCUT2D eigenvalue weighted by molar-refractivity contribution is -0.121. The van der Waals surface area contributed by atoms with Crippen LogP contribution in [0.25, 0.3) is 0 Å². The van der Waals surface area contributed by atoms with E-state index in [1.165, 1.54) is 6.08 Å². The zero-order chi connectivity index (χ0) is 14.3. The molecular formula is C15H18Cl2O2. The molecule has 104 valence electrons. The first-order chi connectivity index (χ1) is 8.56. The van der Waals surface area contributed by atoms with Crippen molar-refractivity contribution in [2.45, 2.75) is 56.2 Å². The van der Waals surface area contributed by atoms with E-state index in [1.54, 1.807) is 0 Å². The number of alkyl halides is 2. The van der Waals surface area contributed by atoms with Crippen LogP contribution >= 0.6 is 23.2 Å². The number of carbonyl (C=O) groups excluding carboxylic acids is 2. The zero-order valence-electron chi connectivity index (χ0n) is 11.5. The van der Waals surface area contributed by atoms with Crippen molar-refractivity contribution in [2.24, 2.45) is 10.8 Å². The van der Waals surface area contributed by atoms with Crippen molar-refractivity contribution in [3.63, 3.8) is 0 Å². The van der Waals surface area contributed by atoms with E-state index in [2.05, 4.69) is 13.8 Å². The number of rotatable bonds is 0. The van der Waals surface area contributed by atoms with Crippen LogP contribution in [-0.4, -0.2) is 21.3 Å². The zero-order valence-corrected chi connectivity index (χ0v) is 13.0. The Kier molecular flexibility index (Phi) is 2.48. The van der Waals surface area contributed by atoms with E-state index in [9.17, 15) is 9.59 Å². The van der Waals surface area contributed by atoms with Gasteiger partial charge in [-0.05, 0) is 37.7 Å². The normalized spacial score (nSPS) is 47.9. The molecule has 0 N–H and O–H groups in total. The fourth-order valence-electron chi connectivity index (χ4n) is 4.28. The summed E-state index contributed by atoms with van der Waals surface area (Å²) in [6.07, 6.45) is 4.12. The van der Waals surface area contributed by atoms with Crippen LogP contribution in [0.5, 0.6) is 0 Å². The highest BCUT2D eigenvalue weighted by atomic mass is 35.5. The lowest BCUT2D eigenvalue weighted by Gasteiger charge is -2.52. The predicted octanol–water partition coefficient (Wildman–Crippen LogP) is 3.64. The van der Waals surface area contributed by atoms with Crippen molar-refractivity contribution in [2.75, 3.05) is 0 Å². The molecule has 0 unspecified atom stereocenters. The maximum atomic E-state index is 12.7. The SMILES string of the molecule is CC1(C)CC(=O)C=C2C(=O)[C@]3(Cl)C[C@@]21CC[C@@]3(C)Cl. The van der Waals surface area contributed by atoms with Gasteiger partial charge >= 0.3 is 0 Å². The van der Waals surface area contributed by atoms with Crippen molar-refractivity contribution in [1.29, 1.82) is 0 Å². The van der Waals surface area contributed by atoms with Crippen LogP contribution in [0.1, 0.15) is 46.5 Å². The fraction of sp³-hybridized carbons (Fsp3) is 0.733. The van der Waals surface area contributed by atoms with Gasteiger partial charge in [0.05, 0.1) is 4.87 Å². The third kappa shape index (κ3) is 1.40. The van der Waals surface area contributed by atoms with Gasteiger partial charge in [0.2, 0.25) is 0 Å². The monoisotopic (exact) mass is 300 g/mol. The Morgan fingerprint density at radius 2 is 1.74 bits per heavy atom. The predicted molar refractivity (Wildman–Crippen MR) is 75.6 cm³/mol. The Balaban J connectivity index is 2.25. The van der Waals surface area contributed by atoms with Crippen molar-refractivity contribution in [3.8, 4) is 0 Å². The van der Waals surface area contributed by atoms with Gasteiger partial charge in [-0.1, -0.05) is 13.8 Å². The van der Waals surface area contributed by atoms with Crippen molar-refractivity contribution < 1.29 is 9.59 Å². The van der Waals surface area contributed by atoms with Crippen LogP contribution in [0.2, 0.25) is 0 Å². The van der Waals surface area contributed by atoms with Crippen molar-refractivity contribution in [1.82, 2.24) is 0 Å². The molecule has 2 fully saturated rings. The van der Waals surface area contributed by atoms with Gasteiger partial charge in [0.25, 0.3) is 0 Å². The number of fused-ring (bicyclic) bond motifs is 1. The number of hydrogen-bond donors (Lipinski definition) is 0. The Bertz CT molecular complexity index is 532. The molecule has 0 saturated heterocycles. The summed E-state index contributed by atoms with van der Waals surface area (Å²) in [7, 11) is 0. The summed E-state index contributed by atoms with van der Waals surface area (Å²) in [6.45, 7) is 5.99. The molecule has 3 aliphatic rings. The van der Waals surface area contributed by atoms with E-state index in [0.717, 1.165) is 6.42 Å². The average Bonchev–Trinajstić information content (AvgIpc) is 2.46. The van der Waals surface area contributed by atoms with Crippen LogP contribution in [0.3, 0.4) is 0 Å². The van der Waals surface area contributed by atoms with Crippen LogP contribution < -0.4 is 0 Å². The van der Waals surface area contributed by atoms with Crippen LogP contribution in [-0.2, 0) is 9.59 Å². The number of ketones is 2. The first kappa shape index (κ1) is 13.6. The highest BCUT2D eigenvalue weighted by Gasteiger charge is 2.71. The van der Waals surface area contributed by atoms with Gasteiger partial charge in [-0.3, -0.25) is 9.59 Å². The van der Waals surface area contributed by atoms with E-state index in [1.807, 2.05) is 6.92 Å². The maximum absolute atomic E-state index is 12.7. The van der Waals surface area contributed by atoms with E-state index < -0.39 is 9.75 Å². The molecule has 4 heteroatoms. The summed E-state index contributed by atoms with van der Waals surface area (Å²) in [5.74, 6) is -0.0895. The first-order valence-corrected chi connectivity index (χ1v) is 7.49. The molecule has 0 aliphatic heterocycles. The highest BCUT2D eigenvalue weighted by Crippen LogP contribution is 2.70. The highest BCUT2D eigenvalue weighted by molar-refractivity contribution is 6.46. The average molecular weight is 301 g/mol. The second-order valence-electron chi connectivity index (χ2n) is 7.17. The van der Waals surface area contributed by atoms with Crippen molar-refractivity contribution >= 4 is 34.8 Å². The summed E-state index contributed by atoms with van der Waals surface area (Å²) >= 11 is 13.2. The lowest BCUT2D eigenvalue weighted by Crippen LogP contribution is -2.52. The number of Topliss-reactive ketones (excluding diaryl/α,β-unsaturated/α-hetero) is 1. The van der Waals surface area contributed by atoms with Gasteiger partial charge in [-0.15, -0.1) is 23.2 Å². The Labute approximate surface area is 123 Å². The van der Waals surface area contributed by atoms with Gasteiger partial charge in [-0.2, -0.15) is 0 Å². The lowest BCUT2D eigenvalue weighted by atomic mass is 9.53. The second kappa shape index (κ2) is 3.46. The molecular weight excluding hydrogens is 283 g/mol. The summed E-state index contributed by atoms with van der Waals surface area (Å²) in [5, 5.41) is 0. The molecule has 2 saturated carbocycles. The molecule has 0 aromatic heterocycles. The van der Waals surface area contributed by atoms with E-state index >= 15 is 0 Å².